The third-order valence-electron chi connectivity index (χ3n) is 5.51. The molecular weight excluding hydrogens is 346 g/mol. The number of aryl methyl sites for hydroxylation is 1. The lowest BCUT2D eigenvalue weighted by atomic mass is 9.99. The van der Waals surface area contributed by atoms with Crippen LogP contribution in [0.3, 0.4) is 0 Å². The van der Waals surface area contributed by atoms with Crippen molar-refractivity contribution in [2.24, 2.45) is 5.92 Å². The third kappa shape index (κ3) is 4.01. The van der Waals surface area contributed by atoms with E-state index in [1.165, 1.54) is 18.4 Å². The Hall–Kier alpha value is -2.88. The monoisotopic (exact) mass is 373 g/mol. The molecule has 0 aliphatic carbocycles. The van der Waals surface area contributed by atoms with Crippen molar-refractivity contribution in [3.63, 3.8) is 0 Å². The number of anilines is 1. The molecular formula is C24H27N3O. The van der Waals surface area contributed by atoms with Crippen LogP contribution >= 0.6 is 0 Å². The van der Waals surface area contributed by atoms with Crippen molar-refractivity contribution < 1.29 is 4.74 Å². The van der Waals surface area contributed by atoms with E-state index in [-0.39, 0.29) is 0 Å². The molecule has 0 spiro atoms. The number of methoxy groups -OCH3 is 1. The highest BCUT2D eigenvalue weighted by Gasteiger charge is 2.20. The predicted molar refractivity (Wildman–Crippen MR) is 115 cm³/mol. The van der Waals surface area contributed by atoms with Crippen LogP contribution in [-0.2, 0) is 0 Å². The van der Waals surface area contributed by atoms with Crippen LogP contribution in [0, 0.1) is 12.8 Å². The maximum absolute atomic E-state index is 5.30. The summed E-state index contributed by atoms with van der Waals surface area (Å²) in [5.41, 5.74) is 5.35. The lowest BCUT2D eigenvalue weighted by Crippen LogP contribution is -2.34. The molecule has 1 aromatic heterocycles. The largest absolute Gasteiger partial charge is 0.497 e. The van der Waals surface area contributed by atoms with Crippen molar-refractivity contribution in [1.82, 2.24) is 9.97 Å². The van der Waals surface area contributed by atoms with Gasteiger partial charge in [0.15, 0.2) is 0 Å². The molecule has 1 fully saturated rings. The van der Waals surface area contributed by atoms with Gasteiger partial charge in [0, 0.05) is 24.2 Å². The Morgan fingerprint density at radius 1 is 0.857 bits per heavy atom. The summed E-state index contributed by atoms with van der Waals surface area (Å²) in [6.07, 6.45) is 2.38. The minimum absolute atomic E-state index is 0.776. The predicted octanol–water partition coefficient (Wildman–Crippen LogP) is 5.36. The van der Waals surface area contributed by atoms with Gasteiger partial charge in [-0.1, -0.05) is 36.8 Å². The molecule has 4 rings (SSSR count). The van der Waals surface area contributed by atoms with Crippen molar-refractivity contribution in [3.05, 3.63) is 60.2 Å². The van der Waals surface area contributed by atoms with Gasteiger partial charge in [0.25, 0.3) is 0 Å². The van der Waals surface area contributed by atoms with Crippen LogP contribution in [0.2, 0.25) is 0 Å². The molecule has 3 aromatic rings. The van der Waals surface area contributed by atoms with Crippen LogP contribution in [0.15, 0.2) is 54.6 Å². The average molecular weight is 374 g/mol. The van der Waals surface area contributed by atoms with E-state index in [9.17, 15) is 0 Å². The number of rotatable bonds is 4. The zero-order valence-corrected chi connectivity index (χ0v) is 16.9. The summed E-state index contributed by atoms with van der Waals surface area (Å²) in [6, 6.07) is 18.7. The minimum Gasteiger partial charge on any atom is -0.497 e. The Kier molecular flexibility index (Phi) is 5.29. The smallest absolute Gasteiger partial charge is 0.226 e. The Morgan fingerprint density at radius 2 is 1.39 bits per heavy atom. The number of benzene rings is 2. The molecule has 0 atom stereocenters. The van der Waals surface area contributed by atoms with Crippen LogP contribution < -0.4 is 9.64 Å². The van der Waals surface area contributed by atoms with E-state index < -0.39 is 0 Å². The molecule has 0 N–H and O–H groups in total. The summed E-state index contributed by atoms with van der Waals surface area (Å²) >= 11 is 0. The molecule has 1 saturated heterocycles. The van der Waals surface area contributed by atoms with Crippen LogP contribution in [0.4, 0.5) is 5.95 Å². The Morgan fingerprint density at radius 3 is 1.93 bits per heavy atom. The standard InChI is InChI=1S/C24H27N3O/c1-17-4-6-19(7-5-17)22-16-23(20-8-10-21(28-3)11-9-20)26-24(25-22)27-14-12-18(2)13-15-27/h4-11,16,18H,12-15H2,1-3H3. The van der Waals surface area contributed by atoms with Crippen LogP contribution in [0.1, 0.15) is 25.3 Å². The molecule has 0 radical (unpaired) electrons. The molecule has 2 heterocycles. The van der Waals surface area contributed by atoms with E-state index in [4.69, 9.17) is 14.7 Å². The number of nitrogens with zero attached hydrogens (tertiary/aromatic N) is 3. The zero-order chi connectivity index (χ0) is 19.5. The third-order valence-corrected chi connectivity index (χ3v) is 5.51. The van der Waals surface area contributed by atoms with Crippen molar-refractivity contribution in [1.29, 1.82) is 0 Å². The highest BCUT2D eigenvalue weighted by molar-refractivity contribution is 5.70. The zero-order valence-electron chi connectivity index (χ0n) is 16.9. The average Bonchev–Trinajstić information content (AvgIpc) is 2.74. The molecule has 144 valence electrons. The normalized spacial score (nSPS) is 14.9. The molecule has 2 aromatic carbocycles. The van der Waals surface area contributed by atoms with Gasteiger partial charge in [0.1, 0.15) is 5.75 Å². The highest BCUT2D eigenvalue weighted by atomic mass is 16.5. The van der Waals surface area contributed by atoms with Crippen LogP contribution in [-0.4, -0.2) is 30.2 Å². The van der Waals surface area contributed by atoms with Gasteiger partial charge in [0.2, 0.25) is 5.95 Å². The maximum Gasteiger partial charge on any atom is 0.226 e. The van der Waals surface area contributed by atoms with Gasteiger partial charge in [-0.2, -0.15) is 0 Å². The van der Waals surface area contributed by atoms with E-state index >= 15 is 0 Å². The quantitative estimate of drug-likeness (QED) is 0.617. The maximum atomic E-state index is 5.30. The first kappa shape index (κ1) is 18.5. The van der Waals surface area contributed by atoms with Gasteiger partial charge in [-0.05, 0) is 56.0 Å². The molecule has 1 aliphatic heterocycles. The number of piperidine rings is 1. The SMILES string of the molecule is COc1ccc(-c2cc(-c3ccc(C)cc3)nc(N3CCC(C)CC3)n2)cc1. The lowest BCUT2D eigenvalue weighted by molar-refractivity contribution is 0.415. The first-order chi connectivity index (χ1) is 13.6. The van der Waals surface area contributed by atoms with E-state index in [2.05, 4.69) is 61.2 Å². The van der Waals surface area contributed by atoms with Crippen molar-refractivity contribution in [3.8, 4) is 28.3 Å². The Balaban J connectivity index is 1.76. The first-order valence-corrected chi connectivity index (χ1v) is 9.98. The highest BCUT2D eigenvalue weighted by Crippen LogP contribution is 2.29. The first-order valence-electron chi connectivity index (χ1n) is 9.98. The molecule has 28 heavy (non-hydrogen) atoms. The topological polar surface area (TPSA) is 38.2 Å². The fraction of sp³-hybridized carbons (Fsp3) is 0.333. The van der Waals surface area contributed by atoms with E-state index in [1.54, 1.807) is 7.11 Å². The fourth-order valence-electron chi connectivity index (χ4n) is 3.57. The van der Waals surface area contributed by atoms with Crippen LogP contribution in [0.25, 0.3) is 22.5 Å². The van der Waals surface area contributed by atoms with Crippen molar-refractivity contribution in [2.45, 2.75) is 26.7 Å². The summed E-state index contributed by atoms with van der Waals surface area (Å²) in [6.45, 7) is 6.46. The van der Waals surface area contributed by atoms with E-state index in [1.807, 2.05) is 12.1 Å². The molecule has 0 unspecified atom stereocenters. The summed E-state index contributed by atoms with van der Waals surface area (Å²) in [5, 5.41) is 0. The summed E-state index contributed by atoms with van der Waals surface area (Å²) < 4.78 is 5.30. The molecule has 0 saturated carbocycles. The number of hydrogen-bond donors (Lipinski definition) is 0. The number of aromatic nitrogens is 2. The lowest BCUT2D eigenvalue weighted by Gasteiger charge is -2.30. The van der Waals surface area contributed by atoms with E-state index in [0.717, 1.165) is 53.2 Å². The van der Waals surface area contributed by atoms with Gasteiger partial charge >= 0.3 is 0 Å². The molecule has 4 heteroatoms. The molecule has 0 bridgehead atoms. The molecule has 1 aliphatic rings. The Bertz CT molecular complexity index is 927. The number of hydrogen-bond acceptors (Lipinski definition) is 4. The van der Waals surface area contributed by atoms with Gasteiger partial charge in [-0.25, -0.2) is 9.97 Å². The van der Waals surface area contributed by atoms with Gasteiger partial charge in [0.05, 0.1) is 18.5 Å². The van der Waals surface area contributed by atoms with Gasteiger partial charge < -0.3 is 9.64 Å². The fourth-order valence-corrected chi connectivity index (χ4v) is 3.57. The number of ether oxygens (including phenoxy) is 1. The van der Waals surface area contributed by atoms with Gasteiger partial charge in [-0.15, -0.1) is 0 Å². The second-order valence-electron chi connectivity index (χ2n) is 7.70. The van der Waals surface area contributed by atoms with Crippen molar-refractivity contribution in [2.75, 3.05) is 25.1 Å². The summed E-state index contributed by atoms with van der Waals surface area (Å²) in [7, 11) is 1.69. The summed E-state index contributed by atoms with van der Waals surface area (Å²) in [4.78, 5) is 12.2. The van der Waals surface area contributed by atoms with E-state index in [0.29, 0.717) is 0 Å². The van der Waals surface area contributed by atoms with Gasteiger partial charge in [-0.3, -0.25) is 0 Å². The second kappa shape index (κ2) is 8.01. The van der Waals surface area contributed by atoms with Crippen LogP contribution in [0.5, 0.6) is 5.75 Å². The molecule has 4 nitrogen and oxygen atoms in total. The molecule has 0 amide bonds. The second-order valence-corrected chi connectivity index (χ2v) is 7.70. The van der Waals surface area contributed by atoms with Crippen molar-refractivity contribution >= 4 is 5.95 Å². The summed E-state index contributed by atoms with van der Waals surface area (Å²) in [5.74, 6) is 2.45. The Labute approximate surface area is 167 Å². The minimum atomic E-state index is 0.776.